The second kappa shape index (κ2) is 4.53. The van der Waals surface area contributed by atoms with Crippen molar-refractivity contribution in [2.24, 2.45) is 0 Å². The maximum Gasteiger partial charge on any atom is 0.190 e. The Labute approximate surface area is 87.6 Å². The lowest BCUT2D eigenvalue weighted by Gasteiger charge is -2.04. The third kappa shape index (κ3) is 2.64. The van der Waals surface area contributed by atoms with Crippen molar-refractivity contribution < 1.29 is 5.11 Å². The van der Waals surface area contributed by atoms with Gasteiger partial charge in [-0.2, -0.15) is 0 Å². The van der Waals surface area contributed by atoms with Crippen molar-refractivity contribution in [2.75, 3.05) is 0 Å². The molecule has 0 saturated carbocycles. The van der Waals surface area contributed by atoms with E-state index in [-0.39, 0.29) is 5.05 Å². The molecule has 0 aromatic carbocycles. The number of halogens is 1. The van der Waals surface area contributed by atoms with E-state index >= 15 is 0 Å². The van der Waals surface area contributed by atoms with Gasteiger partial charge in [0.15, 0.2) is 5.05 Å². The molecule has 0 atom stereocenters. The third-order valence-corrected chi connectivity index (χ3v) is 2.08. The lowest BCUT2D eigenvalue weighted by molar-refractivity contribution is 0.569. The van der Waals surface area contributed by atoms with Crippen LogP contribution in [0.25, 0.3) is 0 Å². The SMILES string of the molecule is CCCc1ncc(Cl)cc1C(O)=S. The highest BCUT2D eigenvalue weighted by atomic mass is 35.5. The van der Waals surface area contributed by atoms with E-state index < -0.39 is 0 Å². The molecule has 1 heterocycles. The molecule has 1 aromatic heterocycles. The molecule has 0 amide bonds. The summed E-state index contributed by atoms with van der Waals surface area (Å²) >= 11 is 10.4. The Hall–Kier alpha value is -0.670. The third-order valence-electron chi connectivity index (χ3n) is 1.65. The van der Waals surface area contributed by atoms with Gasteiger partial charge in [-0.05, 0) is 24.7 Å². The summed E-state index contributed by atoms with van der Waals surface area (Å²) in [4.78, 5) is 4.11. The molecule has 1 aromatic rings. The summed E-state index contributed by atoms with van der Waals surface area (Å²) in [7, 11) is 0. The Balaban J connectivity index is 3.10. The molecule has 4 heteroatoms. The van der Waals surface area contributed by atoms with Gasteiger partial charge in [0.2, 0.25) is 0 Å². The molecule has 2 nitrogen and oxygen atoms in total. The van der Waals surface area contributed by atoms with Gasteiger partial charge in [-0.1, -0.05) is 24.9 Å². The van der Waals surface area contributed by atoms with Gasteiger partial charge in [0, 0.05) is 6.20 Å². The molecule has 0 radical (unpaired) electrons. The number of thiocarbonyl (C=S) groups is 1. The number of nitrogens with zero attached hydrogens (tertiary/aromatic N) is 1. The minimum absolute atomic E-state index is 0.140. The fourth-order valence-corrected chi connectivity index (χ4v) is 1.42. The molecule has 0 fully saturated rings. The molecule has 0 spiro atoms. The summed E-state index contributed by atoms with van der Waals surface area (Å²) < 4.78 is 0. The predicted molar refractivity (Wildman–Crippen MR) is 57.6 cm³/mol. The Morgan fingerprint density at radius 2 is 2.38 bits per heavy atom. The highest BCUT2D eigenvalue weighted by molar-refractivity contribution is 7.80. The number of aryl methyl sites for hydroxylation is 1. The molecular formula is C9H10ClNOS. The zero-order valence-corrected chi connectivity index (χ0v) is 8.82. The molecule has 0 unspecified atom stereocenters. The second-order valence-electron chi connectivity index (χ2n) is 2.70. The largest absolute Gasteiger partial charge is 0.498 e. The van der Waals surface area contributed by atoms with Gasteiger partial charge in [-0.15, -0.1) is 0 Å². The minimum Gasteiger partial charge on any atom is -0.498 e. The topological polar surface area (TPSA) is 33.1 Å². The number of aliphatic hydroxyl groups excluding tert-OH is 1. The molecule has 0 aliphatic carbocycles. The lowest BCUT2D eigenvalue weighted by atomic mass is 10.1. The fraction of sp³-hybridized carbons (Fsp3) is 0.333. The lowest BCUT2D eigenvalue weighted by Crippen LogP contribution is -2.03. The number of pyridine rings is 1. The molecule has 0 saturated heterocycles. The van der Waals surface area contributed by atoms with E-state index in [9.17, 15) is 5.11 Å². The van der Waals surface area contributed by atoms with E-state index in [0.717, 1.165) is 18.5 Å². The normalized spacial score (nSPS) is 10.0. The Bertz CT molecular complexity index is 327. The molecule has 13 heavy (non-hydrogen) atoms. The zero-order valence-electron chi connectivity index (χ0n) is 7.25. The van der Waals surface area contributed by atoms with Gasteiger partial charge < -0.3 is 5.11 Å². The number of rotatable bonds is 3. The summed E-state index contributed by atoms with van der Waals surface area (Å²) in [5, 5.41) is 9.54. The van der Waals surface area contributed by atoms with Crippen molar-refractivity contribution in [3.63, 3.8) is 0 Å². The van der Waals surface area contributed by atoms with E-state index in [0.29, 0.717) is 10.6 Å². The van der Waals surface area contributed by atoms with Crippen molar-refractivity contribution in [1.82, 2.24) is 4.98 Å². The van der Waals surface area contributed by atoms with Crippen LogP contribution in [0.3, 0.4) is 0 Å². The van der Waals surface area contributed by atoms with Crippen LogP contribution >= 0.6 is 23.8 Å². The molecule has 0 bridgehead atoms. The number of aromatic nitrogens is 1. The predicted octanol–water partition coefficient (Wildman–Crippen LogP) is 2.92. The first-order chi connectivity index (χ1) is 6.15. The van der Waals surface area contributed by atoms with Crippen molar-refractivity contribution in [1.29, 1.82) is 0 Å². The fourth-order valence-electron chi connectivity index (χ4n) is 1.09. The number of aliphatic hydroxyl groups is 1. The minimum atomic E-state index is -0.140. The molecule has 1 rings (SSSR count). The van der Waals surface area contributed by atoms with Gasteiger partial charge in [0.05, 0.1) is 16.3 Å². The second-order valence-corrected chi connectivity index (χ2v) is 3.53. The van der Waals surface area contributed by atoms with Crippen LogP contribution in [-0.4, -0.2) is 15.1 Å². The average Bonchev–Trinajstić information content (AvgIpc) is 2.08. The van der Waals surface area contributed by atoms with Crippen LogP contribution in [0.1, 0.15) is 24.6 Å². The smallest absolute Gasteiger partial charge is 0.190 e. The van der Waals surface area contributed by atoms with Crippen LogP contribution in [0, 0.1) is 0 Å². The van der Waals surface area contributed by atoms with Crippen molar-refractivity contribution in [3.05, 3.63) is 28.5 Å². The average molecular weight is 216 g/mol. The van der Waals surface area contributed by atoms with Crippen LogP contribution < -0.4 is 0 Å². The molecule has 0 aliphatic heterocycles. The van der Waals surface area contributed by atoms with Crippen molar-refractivity contribution >= 4 is 28.9 Å². The van der Waals surface area contributed by atoms with Gasteiger partial charge in [-0.3, -0.25) is 4.98 Å². The van der Waals surface area contributed by atoms with E-state index in [2.05, 4.69) is 17.2 Å². The Morgan fingerprint density at radius 3 is 2.92 bits per heavy atom. The summed E-state index contributed by atoms with van der Waals surface area (Å²) in [5.74, 6) is 0. The maximum atomic E-state index is 9.19. The molecule has 70 valence electrons. The van der Waals surface area contributed by atoms with Crippen LogP contribution in [0.2, 0.25) is 5.02 Å². The quantitative estimate of drug-likeness (QED) is 0.788. The van der Waals surface area contributed by atoms with E-state index in [4.69, 9.17) is 11.6 Å². The van der Waals surface area contributed by atoms with Crippen LogP contribution in [0.5, 0.6) is 0 Å². The highest BCUT2D eigenvalue weighted by Crippen LogP contribution is 2.15. The van der Waals surface area contributed by atoms with Crippen molar-refractivity contribution in [2.45, 2.75) is 19.8 Å². The first-order valence-corrected chi connectivity index (χ1v) is 4.81. The summed E-state index contributed by atoms with van der Waals surface area (Å²) in [5.41, 5.74) is 1.38. The van der Waals surface area contributed by atoms with Crippen molar-refractivity contribution in [3.8, 4) is 0 Å². The van der Waals surface area contributed by atoms with Gasteiger partial charge in [0.25, 0.3) is 0 Å². The first-order valence-electron chi connectivity index (χ1n) is 4.03. The summed E-state index contributed by atoms with van der Waals surface area (Å²) in [6, 6.07) is 1.64. The highest BCUT2D eigenvalue weighted by Gasteiger charge is 2.07. The van der Waals surface area contributed by atoms with Gasteiger partial charge in [0.1, 0.15) is 0 Å². The van der Waals surface area contributed by atoms with E-state index in [1.165, 1.54) is 0 Å². The molecular weight excluding hydrogens is 206 g/mol. The summed E-state index contributed by atoms with van der Waals surface area (Å²) in [6.45, 7) is 2.04. The maximum absolute atomic E-state index is 9.19. The Kier molecular flexibility index (Phi) is 3.63. The number of hydrogen-bond acceptors (Lipinski definition) is 2. The van der Waals surface area contributed by atoms with Crippen LogP contribution in [0.15, 0.2) is 12.3 Å². The van der Waals surface area contributed by atoms with E-state index in [1.54, 1.807) is 12.3 Å². The first kappa shape index (κ1) is 10.4. The van der Waals surface area contributed by atoms with Gasteiger partial charge >= 0.3 is 0 Å². The standard InChI is InChI=1S/C9H10ClNOS/c1-2-3-8-7(9(12)13)4-6(10)5-11-8/h4-5H,2-3H2,1H3,(H,12,13). The van der Waals surface area contributed by atoms with E-state index in [1.807, 2.05) is 6.92 Å². The zero-order chi connectivity index (χ0) is 9.84. The van der Waals surface area contributed by atoms with Crippen LogP contribution in [0.4, 0.5) is 0 Å². The van der Waals surface area contributed by atoms with Gasteiger partial charge in [-0.25, -0.2) is 0 Å². The van der Waals surface area contributed by atoms with Crippen LogP contribution in [-0.2, 0) is 6.42 Å². The monoisotopic (exact) mass is 215 g/mol. The molecule has 1 N–H and O–H groups in total. The number of hydrogen-bond donors (Lipinski definition) is 1. The Morgan fingerprint density at radius 1 is 1.69 bits per heavy atom. The summed E-state index contributed by atoms with van der Waals surface area (Å²) in [6.07, 6.45) is 3.33. The molecule has 0 aliphatic rings.